The molecular weight excluding hydrogens is 749 g/mol. The minimum atomic E-state index is -3.81. The maximum Gasteiger partial charge on any atom is 0.255 e. The van der Waals surface area contributed by atoms with Crippen molar-refractivity contribution in [2.45, 2.75) is 55.8 Å². The van der Waals surface area contributed by atoms with Crippen LogP contribution in [0.3, 0.4) is 0 Å². The highest BCUT2D eigenvalue weighted by atomic mass is 32.2. The Bertz CT molecular complexity index is 2350. The first-order valence-corrected chi connectivity index (χ1v) is 20.5. The van der Waals surface area contributed by atoms with Gasteiger partial charge in [-0.25, -0.2) is 8.42 Å². The summed E-state index contributed by atoms with van der Waals surface area (Å²) in [4.78, 5) is 51.8. The van der Waals surface area contributed by atoms with Crippen LogP contribution >= 0.6 is 0 Å². The van der Waals surface area contributed by atoms with Gasteiger partial charge < -0.3 is 30.7 Å². The van der Waals surface area contributed by atoms with Crippen molar-refractivity contribution in [3.05, 3.63) is 107 Å². The van der Waals surface area contributed by atoms with Crippen LogP contribution in [0, 0.1) is 12.8 Å². The third-order valence-electron chi connectivity index (χ3n) is 11.3. The summed E-state index contributed by atoms with van der Waals surface area (Å²) >= 11 is 0. The highest BCUT2D eigenvalue weighted by molar-refractivity contribution is 7.89. The fraction of sp³-hybridized carbons (Fsp3) is 0.333. The molecule has 2 fully saturated rings. The van der Waals surface area contributed by atoms with E-state index in [9.17, 15) is 32.7 Å². The number of ether oxygens (including phenoxy) is 1. The van der Waals surface area contributed by atoms with Gasteiger partial charge in [-0.1, -0.05) is 42.0 Å². The molecule has 4 heterocycles. The Labute approximate surface area is 330 Å². The van der Waals surface area contributed by atoms with E-state index in [2.05, 4.69) is 21.3 Å². The van der Waals surface area contributed by atoms with Crippen LogP contribution in [0.5, 0.6) is 0 Å². The second-order valence-electron chi connectivity index (χ2n) is 14.9. The number of sulfonamides is 1. The van der Waals surface area contributed by atoms with Crippen molar-refractivity contribution in [3.63, 3.8) is 0 Å². The number of nitrogens with one attached hydrogen (secondary N) is 4. The number of fused-ring (bicyclic) bond motifs is 4. The molecule has 4 aromatic carbocycles. The molecule has 1 unspecified atom stereocenters. The van der Waals surface area contributed by atoms with E-state index in [1.807, 2.05) is 49.4 Å². The predicted molar refractivity (Wildman–Crippen MR) is 213 cm³/mol. The van der Waals surface area contributed by atoms with Crippen LogP contribution in [-0.4, -0.2) is 91.4 Å². The Morgan fingerprint density at radius 3 is 2.54 bits per heavy atom. The van der Waals surface area contributed by atoms with Gasteiger partial charge in [0.05, 0.1) is 30.2 Å². The molecule has 14 nitrogen and oxygen atoms in total. The average molecular weight is 793 g/mol. The molecule has 4 aliphatic rings. The number of nitrogens with zero attached hydrogens (tertiary/aromatic N) is 2. The first-order chi connectivity index (χ1) is 27.5. The molecule has 0 aromatic heterocycles. The number of carbonyl (C=O) groups is 4. The van der Waals surface area contributed by atoms with E-state index in [1.54, 1.807) is 46.8 Å². The molecule has 0 radical (unpaired) electrons. The third-order valence-corrected chi connectivity index (χ3v) is 13.2. The molecule has 4 amide bonds. The Morgan fingerprint density at radius 2 is 1.75 bits per heavy atom. The van der Waals surface area contributed by atoms with Crippen LogP contribution in [0.15, 0.2) is 89.8 Å². The molecule has 4 aromatic rings. The lowest BCUT2D eigenvalue weighted by molar-refractivity contribution is -0.137. The van der Waals surface area contributed by atoms with Gasteiger partial charge in [-0.3, -0.25) is 24.5 Å². The number of aliphatic hydroxyl groups is 1. The van der Waals surface area contributed by atoms with E-state index in [0.717, 1.165) is 39.2 Å². The first kappa shape index (κ1) is 38.3. The number of piperidine rings is 1. The third kappa shape index (κ3) is 7.50. The molecule has 57 heavy (non-hydrogen) atoms. The van der Waals surface area contributed by atoms with Crippen molar-refractivity contribution in [1.29, 1.82) is 0 Å². The monoisotopic (exact) mass is 792 g/mol. The van der Waals surface area contributed by atoms with Crippen molar-refractivity contribution in [2.75, 3.05) is 48.9 Å². The smallest absolute Gasteiger partial charge is 0.255 e. The second kappa shape index (κ2) is 15.7. The summed E-state index contributed by atoms with van der Waals surface area (Å²) < 4.78 is 35.2. The summed E-state index contributed by atoms with van der Waals surface area (Å²) in [6, 6.07) is 24.0. The van der Waals surface area contributed by atoms with Crippen molar-refractivity contribution in [2.24, 2.45) is 5.92 Å². The van der Waals surface area contributed by atoms with Crippen molar-refractivity contribution in [1.82, 2.24) is 14.5 Å². The van der Waals surface area contributed by atoms with Gasteiger partial charge in [0.15, 0.2) is 0 Å². The molecule has 0 saturated carbocycles. The summed E-state index contributed by atoms with van der Waals surface area (Å²) in [6.45, 7) is 2.77. The van der Waals surface area contributed by atoms with Gasteiger partial charge in [-0.05, 0) is 85.0 Å². The van der Waals surface area contributed by atoms with Crippen LogP contribution in [-0.2, 0) is 35.7 Å². The molecule has 2 saturated heterocycles. The SMILES string of the molecule is Cc1ccc(S(=O)(=O)N2CC[C@@H]3[C@H](CO)Nc4ccc(-c5cccc(NC(=O)COCCNc6cccc7c6CN(C6CCC(=O)NC6=O)C7=O)c5)cc4[C@@H]32)cc1. The highest BCUT2D eigenvalue weighted by Crippen LogP contribution is 2.49. The van der Waals surface area contributed by atoms with Crippen molar-refractivity contribution < 1.29 is 37.4 Å². The van der Waals surface area contributed by atoms with Crippen LogP contribution in [0.4, 0.5) is 17.1 Å². The molecule has 0 bridgehead atoms. The Morgan fingerprint density at radius 1 is 0.965 bits per heavy atom. The minimum absolute atomic E-state index is 0.118. The van der Waals surface area contributed by atoms with E-state index in [1.165, 1.54) is 4.90 Å². The lowest BCUT2D eigenvalue weighted by Crippen LogP contribution is -2.52. The van der Waals surface area contributed by atoms with E-state index in [-0.39, 0.29) is 73.8 Å². The van der Waals surface area contributed by atoms with Gasteiger partial charge in [0.25, 0.3) is 5.91 Å². The van der Waals surface area contributed by atoms with Crippen molar-refractivity contribution >= 4 is 50.7 Å². The van der Waals surface area contributed by atoms with Gasteiger partial charge >= 0.3 is 0 Å². The fourth-order valence-electron chi connectivity index (χ4n) is 8.46. The van der Waals surface area contributed by atoms with E-state index < -0.39 is 28.0 Å². The van der Waals surface area contributed by atoms with Gasteiger partial charge in [0, 0.05) is 60.2 Å². The van der Waals surface area contributed by atoms with Crippen LogP contribution in [0.1, 0.15) is 52.4 Å². The maximum absolute atomic E-state index is 14.0. The number of hydrogen-bond acceptors (Lipinski definition) is 10. The topological polar surface area (TPSA) is 186 Å². The Hall–Kier alpha value is -5.61. The summed E-state index contributed by atoms with van der Waals surface area (Å²) in [6.07, 6.45) is 1.08. The Balaban J connectivity index is 0.887. The molecule has 0 spiro atoms. The Kier molecular flexibility index (Phi) is 10.6. The summed E-state index contributed by atoms with van der Waals surface area (Å²) in [7, 11) is -3.81. The summed E-state index contributed by atoms with van der Waals surface area (Å²) in [5.41, 5.74) is 6.85. The van der Waals surface area contributed by atoms with E-state index >= 15 is 0 Å². The number of aryl methyl sites for hydroxylation is 1. The minimum Gasteiger partial charge on any atom is -0.394 e. The number of aliphatic hydroxyl groups excluding tert-OH is 1. The normalized spacial score (nSPS) is 21.6. The molecule has 4 aliphatic heterocycles. The number of amides is 4. The largest absolute Gasteiger partial charge is 0.394 e. The fourth-order valence-corrected chi connectivity index (χ4v) is 10.1. The van der Waals surface area contributed by atoms with Gasteiger partial charge in [-0.15, -0.1) is 0 Å². The van der Waals surface area contributed by atoms with Gasteiger partial charge in [0.2, 0.25) is 27.7 Å². The molecule has 8 rings (SSSR count). The molecular formula is C42H44N6O8S. The predicted octanol–water partition coefficient (Wildman–Crippen LogP) is 4.03. The average Bonchev–Trinajstić information content (AvgIpc) is 3.81. The first-order valence-electron chi connectivity index (χ1n) is 19.1. The number of carbonyl (C=O) groups excluding carboxylic acids is 4. The van der Waals surface area contributed by atoms with Crippen LogP contribution < -0.4 is 21.3 Å². The zero-order valence-corrected chi connectivity index (χ0v) is 32.2. The lowest BCUT2D eigenvalue weighted by Gasteiger charge is -2.39. The zero-order valence-electron chi connectivity index (χ0n) is 31.4. The molecule has 4 atom stereocenters. The molecule has 5 N–H and O–H groups in total. The summed E-state index contributed by atoms with van der Waals surface area (Å²) in [5.74, 6) is -1.51. The molecule has 0 aliphatic carbocycles. The van der Waals surface area contributed by atoms with E-state index in [0.29, 0.717) is 30.8 Å². The quantitative estimate of drug-likeness (QED) is 0.104. The highest BCUT2D eigenvalue weighted by Gasteiger charge is 2.48. The number of imide groups is 1. The maximum atomic E-state index is 14.0. The number of hydrogen-bond donors (Lipinski definition) is 5. The molecule has 15 heteroatoms. The number of anilines is 3. The van der Waals surface area contributed by atoms with Crippen molar-refractivity contribution in [3.8, 4) is 11.1 Å². The zero-order chi connectivity index (χ0) is 39.8. The molecule has 296 valence electrons. The van der Waals surface area contributed by atoms with Crippen LogP contribution in [0.2, 0.25) is 0 Å². The van der Waals surface area contributed by atoms with E-state index in [4.69, 9.17) is 4.74 Å². The second-order valence-corrected chi connectivity index (χ2v) is 16.8. The summed E-state index contributed by atoms with van der Waals surface area (Å²) in [5, 5.41) is 22.2. The van der Waals surface area contributed by atoms with Gasteiger partial charge in [0.1, 0.15) is 12.6 Å². The number of benzene rings is 4. The standard InChI is InChI=1S/C42H44N6O8S/c1-25-8-11-29(12-9-25)57(54,55)48-18-16-31-36(23-49)45-35-13-10-27(21-32(35)40(31)48)26-4-2-5-28(20-26)44-39(51)24-56-19-17-43-34-7-3-6-30-33(34)22-47(42(30)53)37-14-15-38(50)46-41(37)52/h2-13,20-21,31,36-37,40,43,45,49H,14-19,22-24H2,1H3,(H,44,51)(H,46,50,52)/t31-,36+,37?,40-/m1/s1. The van der Waals surface area contributed by atoms with Crippen LogP contribution in [0.25, 0.3) is 11.1 Å². The van der Waals surface area contributed by atoms with Gasteiger partial charge in [-0.2, -0.15) is 4.31 Å². The number of rotatable bonds is 12. The lowest BCUT2D eigenvalue weighted by atomic mass is 9.82.